The van der Waals surface area contributed by atoms with Gasteiger partial charge in [-0.2, -0.15) is 0 Å². The average molecular weight is 571 g/mol. The molecule has 4 aromatic rings. The molecule has 5 rings (SSSR count). The fourth-order valence-electron chi connectivity index (χ4n) is 4.34. The Hall–Kier alpha value is -3.85. The summed E-state index contributed by atoms with van der Waals surface area (Å²) >= 11 is 3.41. The van der Waals surface area contributed by atoms with E-state index in [0.717, 1.165) is 21.3 Å². The van der Waals surface area contributed by atoms with E-state index in [9.17, 15) is 9.59 Å². The second-order valence-electron chi connectivity index (χ2n) is 8.94. The Morgan fingerprint density at radius 1 is 0.921 bits per heavy atom. The Balaban J connectivity index is 1.40. The van der Waals surface area contributed by atoms with E-state index in [1.807, 2.05) is 90.8 Å². The number of benzene rings is 3. The molecule has 0 bridgehead atoms. The van der Waals surface area contributed by atoms with Crippen molar-refractivity contribution in [1.82, 2.24) is 9.99 Å². The summed E-state index contributed by atoms with van der Waals surface area (Å²) in [5, 5.41) is 6.64. The molecule has 1 fully saturated rings. The highest BCUT2D eigenvalue weighted by molar-refractivity contribution is 9.10. The van der Waals surface area contributed by atoms with Gasteiger partial charge >= 0.3 is 0 Å². The third kappa shape index (κ3) is 5.83. The topological polar surface area (TPSA) is 74.8 Å². The predicted molar refractivity (Wildman–Crippen MR) is 152 cm³/mol. The normalized spacial score (nSPS) is 13.6. The van der Waals surface area contributed by atoms with Gasteiger partial charge in [0, 0.05) is 40.6 Å². The van der Waals surface area contributed by atoms with Crippen LogP contribution in [0.5, 0.6) is 0 Å². The van der Waals surface area contributed by atoms with Crippen LogP contribution in [0.2, 0.25) is 0 Å². The summed E-state index contributed by atoms with van der Waals surface area (Å²) in [6, 6.07) is 26.3. The van der Waals surface area contributed by atoms with Crippen molar-refractivity contribution in [3.8, 4) is 11.3 Å². The van der Waals surface area contributed by atoms with E-state index in [1.165, 1.54) is 0 Å². The van der Waals surface area contributed by atoms with E-state index in [1.54, 1.807) is 17.3 Å². The van der Waals surface area contributed by atoms with Crippen LogP contribution in [-0.2, 0) is 4.74 Å². The van der Waals surface area contributed by atoms with E-state index < -0.39 is 0 Å². The zero-order chi connectivity index (χ0) is 26.5. The number of aromatic nitrogens is 1. The molecule has 1 aliphatic rings. The lowest BCUT2D eigenvalue weighted by atomic mass is 10.0. The molecule has 2 amide bonds. The van der Waals surface area contributed by atoms with Gasteiger partial charge in [-0.15, -0.1) is 0 Å². The molecule has 1 saturated heterocycles. The molecule has 0 atom stereocenters. The number of aryl methyl sites for hydroxylation is 1. The number of pyridine rings is 1. The van der Waals surface area contributed by atoms with Crippen LogP contribution in [0.3, 0.4) is 0 Å². The second kappa shape index (κ2) is 11.7. The Kier molecular flexibility index (Phi) is 7.93. The number of carbonyl (C=O) groups is 2. The number of nitrogens with one attached hydrogen (secondary N) is 1. The summed E-state index contributed by atoms with van der Waals surface area (Å²) in [6.45, 7) is 4.38. The molecule has 1 aliphatic heterocycles. The number of ether oxygens (including phenoxy) is 1. The van der Waals surface area contributed by atoms with Crippen LogP contribution in [0.25, 0.3) is 11.3 Å². The van der Waals surface area contributed by atoms with Gasteiger partial charge in [-0.25, -0.2) is 10.0 Å². The summed E-state index contributed by atoms with van der Waals surface area (Å²) < 4.78 is 6.39. The van der Waals surface area contributed by atoms with E-state index in [-0.39, 0.29) is 11.8 Å². The van der Waals surface area contributed by atoms with Gasteiger partial charge in [-0.3, -0.25) is 14.6 Å². The minimum atomic E-state index is -0.244. The maximum absolute atomic E-state index is 13.8. The minimum Gasteiger partial charge on any atom is -0.379 e. The summed E-state index contributed by atoms with van der Waals surface area (Å²) in [5.74, 6) is -0.365. The Labute approximate surface area is 230 Å². The molecular weight excluding hydrogens is 544 g/mol. The number of rotatable bonds is 6. The zero-order valence-electron chi connectivity index (χ0n) is 20.9. The molecule has 38 heavy (non-hydrogen) atoms. The molecule has 8 heteroatoms. The summed E-state index contributed by atoms with van der Waals surface area (Å²) in [5.41, 5.74) is 5.01. The van der Waals surface area contributed by atoms with Crippen molar-refractivity contribution in [2.45, 2.75) is 6.92 Å². The fourth-order valence-corrected chi connectivity index (χ4v) is 4.74. The van der Waals surface area contributed by atoms with E-state index in [2.05, 4.69) is 26.2 Å². The highest BCUT2D eigenvalue weighted by atomic mass is 79.9. The Bertz CT molecular complexity index is 1440. The number of anilines is 2. The Morgan fingerprint density at radius 2 is 1.68 bits per heavy atom. The van der Waals surface area contributed by atoms with Gasteiger partial charge in [0.05, 0.1) is 30.2 Å². The highest BCUT2D eigenvalue weighted by Gasteiger charge is 2.26. The molecule has 0 unspecified atom stereocenters. The minimum absolute atomic E-state index is 0.121. The molecule has 1 aromatic heterocycles. The van der Waals surface area contributed by atoms with Crippen LogP contribution in [0.1, 0.15) is 26.3 Å². The van der Waals surface area contributed by atoms with Gasteiger partial charge in [0.25, 0.3) is 11.8 Å². The van der Waals surface area contributed by atoms with Crippen LogP contribution in [0.15, 0.2) is 95.6 Å². The van der Waals surface area contributed by atoms with Crippen LogP contribution in [0.4, 0.5) is 11.4 Å². The maximum Gasteiger partial charge on any atom is 0.272 e. The van der Waals surface area contributed by atoms with Crippen molar-refractivity contribution in [2.75, 3.05) is 36.6 Å². The first-order valence-corrected chi connectivity index (χ1v) is 13.1. The summed E-state index contributed by atoms with van der Waals surface area (Å²) in [6.07, 6.45) is 1.56. The number of hydrazine groups is 1. The van der Waals surface area contributed by atoms with Crippen molar-refractivity contribution in [3.05, 3.63) is 112 Å². The van der Waals surface area contributed by atoms with Gasteiger partial charge in [0.15, 0.2) is 0 Å². The number of hydrogen-bond acceptors (Lipinski definition) is 5. The monoisotopic (exact) mass is 570 g/mol. The van der Waals surface area contributed by atoms with Crippen molar-refractivity contribution >= 4 is 39.1 Å². The zero-order valence-corrected chi connectivity index (χ0v) is 22.5. The first kappa shape index (κ1) is 25.8. The molecule has 3 aromatic carbocycles. The largest absolute Gasteiger partial charge is 0.379 e. The number of para-hydroxylation sites is 1. The summed E-state index contributed by atoms with van der Waals surface area (Å²) in [7, 11) is 0. The van der Waals surface area contributed by atoms with Gasteiger partial charge in [-0.05, 0) is 67.1 Å². The van der Waals surface area contributed by atoms with Crippen molar-refractivity contribution in [1.29, 1.82) is 0 Å². The number of carbonyl (C=O) groups excluding carboxylic acids is 2. The van der Waals surface area contributed by atoms with Crippen LogP contribution in [-0.4, -0.2) is 48.1 Å². The number of hydrogen-bond donors (Lipinski definition) is 1. The van der Waals surface area contributed by atoms with E-state index in [0.29, 0.717) is 48.8 Å². The van der Waals surface area contributed by atoms with Gasteiger partial charge in [0.2, 0.25) is 0 Å². The number of halogens is 1. The number of nitrogens with zero attached hydrogens (tertiary/aromatic N) is 3. The van der Waals surface area contributed by atoms with Crippen LogP contribution >= 0.6 is 15.9 Å². The van der Waals surface area contributed by atoms with Crippen molar-refractivity contribution in [2.24, 2.45) is 0 Å². The van der Waals surface area contributed by atoms with Crippen molar-refractivity contribution in [3.63, 3.8) is 0 Å². The van der Waals surface area contributed by atoms with Gasteiger partial charge in [0.1, 0.15) is 0 Å². The molecule has 0 radical (unpaired) electrons. The lowest BCUT2D eigenvalue weighted by Crippen LogP contribution is -2.52. The van der Waals surface area contributed by atoms with Crippen LogP contribution < -0.4 is 10.3 Å². The van der Waals surface area contributed by atoms with Gasteiger partial charge in [-0.1, -0.05) is 46.3 Å². The molecule has 2 heterocycles. The first-order chi connectivity index (χ1) is 18.5. The maximum atomic E-state index is 13.8. The van der Waals surface area contributed by atoms with E-state index >= 15 is 0 Å². The third-order valence-electron chi connectivity index (χ3n) is 6.33. The molecule has 0 aliphatic carbocycles. The smallest absolute Gasteiger partial charge is 0.272 e. The van der Waals surface area contributed by atoms with E-state index in [4.69, 9.17) is 4.74 Å². The third-order valence-corrected chi connectivity index (χ3v) is 6.83. The molecule has 0 spiro atoms. The predicted octanol–water partition coefficient (Wildman–Crippen LogP) is 5.97. The molecule has 1 N–H and O–H groups in total. The highest BCUT2D eigenvalue weighted by Crippen LogP contribution is 2.26. The molecule has 7 nitrogen and oxygen atoms in total. The second-order valence-corrected chi connectivity index (χ2v) is 9.86. The number of amides is 2. The van der Waals surface area contributed by atoms with Crippen LogP contribution in [0, 0.1) is 6.92 Å². The number of morpholine rings is 1. The Morgan fingerprint density at radius 3 is 2.39 bits per heavy atom. The lowest BCUT2D eigenvalue weighted by molar-refractivity contribution is 0.0300. The van der Waals surface area contributed by atoms with Gasteiger partial charge < -0.3 is 10.1 Å². The first-order valence-electron chi connectivity index (χ1n) is 12.4. The average Bonchev–Trinajstić information content (AvgIpc) is 2.95. The summed E-state index contributed by atoms with van der Waals surface area (Å²) in [4.78, 5) is 31.1. The lowest BCUT2D eigenvalue weighted by Gasteiger charge is -2.37. The molecule has 0 saturated carbocycles. The fraction of sp³-hybridized carbons (Fsp3) is 0.167. The quantitative estimate of drug-likeness (QED) is 0.309. The molecular formula is C30H27BrN4O3. The van der Waals surface area contributed by atoms with Crippen molar-refractivity contribution < 1.29 is 14.3 Å². The molecule has 192 valence electrons. The SMILES string of the molecule is Cc1ccc(C(=O)N(c2ccccc2)N2CCOCC2)cc1-c1ccc(C(=O)Nc2cccc(Br)c2)cn1. The standard InChI is InChI=1S/C30H27BrN4O3/c1-21-10-11-22(30(37)35(26-8-3-2-4-9-26)34-14-16-38-17-15-34)18-27(21)28-13-12-23(20-32-28)29(36)33-25-7-5-6-24(31)19-25/h2-13,18-20H,14-17H2,1H3,(H,33,36).